The molecule has 1 aliphatic rings. The van der Waals surface area contributed by atoms with Crippen molar-refractivity contribution in [2.75, 3.05) is 53.7 Å². The van der Waals surface area contributed by atoms with Crippen LogP contribution >= 0.6 is 0 Å². The Bertz CT molecular complexity index is 1530. The lowest BCUT2D eigenvalue weighted by Gasteiger charge is -2.38. The molecule has 0 aromatic heterocycles. The van der Waals surface area contributed by atoms with Crippen LogP contribution in [0.15, 0.2) is 97.1 Å². The topological polar surface area (TPSA) is 85.9 Å². The Kier molecular flexibility index (Phi) is 8.92. The van der Waals surface area contributed by atoms with Gasteiger partial charge in [0.05, 0.1) is 24.4 Å². The molecule has 3 amide bonds. The van der Waals surface area contributed by atoms with E-state index in [4.69, 9.17) is 4.74 Å². The average molecular weight is 564 g/mol. The second-order valence-corrected chi connectivity index (χ2v) is 10.4. The van der Waals surface area contributed by atoms with Crippen molar-refractivity contribution in [3.05, 3.63) is 114 Å². The van der Waals surface area contributed by atoms with Crippen LogP contribution in [0.5, 0.6) is 5.75 Å². The summed E-state index contributed by atoms with van der Waals surface area (Å²) in [6.45, 7) is 6.92. The molecule has 1 fully saturated rings. The number of carbonyl (C=O) groups is 2. The molecular formula is C34H37N5O3. The highest BCUT2D eigenvalue weighted by Gasteiger charge is 2.24. The first-order chi connectivity index (χ1) is 20.4. The van der Waals surface area contributed by atoms with E-state index in [1.165, 1.54) is 0 Å². The zero-order valence-corrected chi connectivity index (χ0v) is 24.3. The molecule has 1 aliphatic heterocycles. The number of hydrogen-bond acceptors (Lipinski definition) is 5. The standard InChI is InChI=1S/C34H37N5O3/c1-24-11-7-8-14-29(24)37-34(41)36-27-17-18-30(28(23-27)33(40)35-25(2)26-12-5-4-6-13-26)38-19-21-39(22-20-38)31-15-9-10-16-32(31)42-3/h4-18,23,25H,19-22H2,1-3H3,(H,35,40)(H2,36,37,41). The summed E-state index contributed by atoms with van der Waals surface area (Å²) in [7, 11) is 1.69. The van der Waals surface area contributed by atoms with Gasteiger partial charge in [0.25, 0.3) is 5.91 Å². The van der Waals surface area contributed by atoms with Crippen LogP contribution in [0.25, 0.3) is 0 Å². The molecule has 1 saturated heterocycles. The van der Waals surface area contributed by atoms with Gasteiger partial charge >= 0.3 is 6.03 Å². The summed E-state index contributed by atoms with van der Waals surface area (Å²) in [4.78, 5) is 31.1. The van der Waals surface area contributed by atoms with Gasteiger partial charge in [0.15, 0.2) is 0 Å². The second kappa shape index (κ2) is 13.1. The molecule has 0 radical (unpaired) electrons. The van der Waals surface area contributed by atoms with Crippen molar-refractivity contribution in [2.24, 2.45) is 0 Å². The lowest BCUT2D eigenvalue weighted by molar-refractivity contribution is 0.0940. The van der Waals surface area contributed by atoms with Gasteiger partial charge < -0.3 is 30.5 Å². The number of rotatable bonds is 8. The second-order valence-electron chi connectivity index (χ2n) is 10.4. The first-order valence-corrected chi connectivity index (χ1v) is 14.2. The highest BCUT2D eigenvalue weighted by atomic mass is 16.5. The Morgan fingerprint density at radius 2 is 1.40 bits per heavy atom. The van der Waals surface area contributed by atoms with Gasteiger partial charge in [0, 0.05) is 43.2 Å². The maximum Gasteiger partial charge on any atom is 0.323 e. The van der Waals surface area contributed by atoms with E-state index in [0.717, 1.165) is 60.1 Å². The molecule has 4 aromatic carbocycles. The molecule has 42 heavy (non-hydrogen) atoms. The Balaban J connectivity index is 1.36. The van der Waals surface area contributed by atoms with Crippen molar-refractivity contribution >= 4 is 34.7 Å². The van der Waals surface area contributed by atoms with Crippen LogP contribution in [0.1, 0.15) is 34.5 Å². The van der Waals surface area contributed by atoms with Gasteiger partial charge in [-0.1, -0.05) is 60.7 Å². The van der Waals surface area contributed by atoms with Crippen LogP contribution in [0.3, 0.4) is 0 Å². The van der Waals surface area contributed by atoms with Crippen molar-refractivity contribution in [3.8, 4) is 5.75 Å². The van der Waals surface area contributed by atoms with Gasteiger partial charge in [-0.25, -0.2) is 4.79 Å². The molecule has 216 valence electrons. The van der Waals surface area contributed by atoms with Gasteiger partial charge in [-0.2, -0.15) is 0 Å². The van der Waals surface area contributed by atoms with E-state index in [0.29, 0.717) is 11.3 Å². The normalized spacial score (nSPS) is 13.7. The van der Waals surface area contributed by atoms with Crippen LogP contribution in [0.4, 0.5) is 27.5 Å². The lowest BCUT2D eigenvalue weighted by atomic mass is 10.1. The molecule has 0 aliphatic carbocycles. The highest BCUT2D eigenvalue weighted by Crippen LogP contribution is 2.31. The molecule has 8 heteroatoms. The quantitative estimate of drug-likeness (QED) is 0.229. The highest BCUT2D eigenvalue weighted by molar-refractivity contribution is 6.04. The number of methoxy groups -OCH3 is 1. The largest absolute Gasteiger partial charge is 0.495 e. The van der Waals surface area contributed by atoms with E-state index in [2.05, 4.69) is 31.8 Å². The predicted octanol–water partition coefficient (Wildman–Crippen LogP) is 6.47. The van der Waals surface area contributed by atoms with Crippen LogP contribution < -0.4 is 30.5 Å². The van der Waals surface area contributed by atoms with Crippen molar-refractivity contribution in [1.29, 1.82) is 0 Å². The molecule has 3 N–H and O–H groups in total. The number of hydrogen-bond donors (Lipinski definition) is 3. The van der Waals surface area contributed by atoms with Crippen LogP contribution in [0.2, 0.25) is 0 Å². The van der Waals surface area contributed by atoms with Gasteiger partial charge in [-0.15, -0.1) is 0 Å². The number of nitrogens with zero attached hydrogens (tertiary/aromatic N) is 2. The lowest BCUT2D eigenvalue weighted by Crippen LogP contribution is -2.47. The van der Waals surface area contributed by atoms with Crippen LogP contribution in [-0.4, -0.2) is 45.2 Å². The number of carbonyl (C=O) groups excluding carboxylic acids is 2. The summed E-state index contributed by atoms with van der Waals surface area (Å²) in [5, 5.41) is 8.94. The Morgan fingerprint density at radius 3 is 2.12 bits per heavy atom. The molecule has 1 heterocycles. The molecule has 5 rings (SSSR count). The molecule has 1 atom stereocenters. The van der Waals surface area contributed by atoms with E-state index >= 15 is 0 Å². The first-order valence-electron chi connectivity index (χ1n) is 14.2. The molecule has 0 spiro atoms. The van der Waals surface area contributed by atoms with Crippen molar-refractivity contribution in [1.82, 2.24) is 5.32 Å². The fourth-order valence-electron chi connectivity index (χ4n) is 5.25. The Morgan fingerprint density at radius 1 is 0.762 bits per heavy atom. The third-order valence-electron chi connectivity index (χ3n) is 7.59. The smallest absolute Gasteiger partial charge is 0.323 e. The fraction of sp³-hybridized carbons (Fsp3) is 0.235. The maximum absolute atomic E-state index is 13.7. The summed E-state index contributed by atoms with van der Waals surface area (Å²) >= 11 is 0. The monoisotopic (exact) mass is 563 g/mol. The summed E-state index contributed by atoms with van der Waals surface area (Å²) in [5.74, 6) is 0.650. The van der Waals surface area contributed by atoms with Crippen molar-refractivity contribution in [2.45, 2.75) is 19.9 Å². The zero-order valence-electron chi connectivity index (χ0n) is 24.3. The van der Waals surface area contributed by atoms with Crippen LogP contribution in [-0.2, 0) is 0 Å². The van der Waals surface area contributed by atoms with E-state index < -0.39 is 0 Å². The van der Waals surface area contributed by atoms with Crippen molar-refractivity contribution in [3.63, 3.8) is 0 Å². The molecule has 1 unspecified atom stereocenters. The van der Waals surface area contributed by atoms with Crippen molar-refractivity contribution < 1.29 is 14.3 Å². The Hall–Kier alpha value is -4.98. The van der Waals surface area contributed by atoms with Gasteiger partial charge in [0.2, 0.25) is 0 Å². The SMILES string of the molecule is COc1ccccc1N1CCN(c2ccc(NC(=O)Nc3ccccc3C)cc2C(=O)NC(C)c2ccccc2)CC1. The number of nitrogens with one attached hydrogen (secondary N) is 3. The summed E-state index contributed by atoms with van der Waals surface area (Å²) in [6, 6.07) is 30.5. The number of ether oxygens (including phenoxy) is 1. The molecule has 0 bridgehead atoms. The summed E-state index contributed by atoms with van der Waals surface area (Å²) < 4.78 is 5.57. The van der Waals surface area contributed by atoms with E-state index in [1.807, 2.05) is 98.8 Å². The molecular weight excluding hydrogens is 526 g/mol. The van der Waals surface area contributed by atoms with Gasteiger partial charge in [-0.3, -0.25) is 4.79 Å². The molecule has 4 aromatic rings. The maximum atomic E-state index is 13.7. The minimum absolute atomic E-state index is 0.185. The third kappa shape index (κ3) is 6.66. The number of amides is 3. The first kappa shape index (κ1) is 28.5. The van der Waals surface area contributed by atoms with E-state index in [-0.39, 0.29) is 18.0 Å². The van der Waals surface area contributed by atoms with Gasteiger partial charge in [0.1, 0.15) is 5.75 Å². The Labute approximate surface area is 247 Å². The minimum Gasteiger partial charge on any atom is -0.495 e. The molecule has 0 saturated carbocycles. The predicted molar refractivity (Wildman–Crippen MR) is 170 cm³/mol. The molecule has 8 nitrogen and oxygen atoms in total. The number of urea groups is 1. The summed E-state index contributed by atoms with van der Waals surface area (Å²) in [5.41, 5.74) is 5.65. The average Bonchev–Trinajstić information content (AvgIpc) is 3.02. The number of aryl methyl sites for hydroxylation is 1. The zero-order chi connectivity index (χ0) is 29.5. The van der Waals surface area contributed by atoms with Crippen LogP contribution in [0, 0.1) is 6.92 Å². The fourth-order valence-corrected chi connectivity index (χ4v) is 5.25. The number of para-hydroxylation sites is 3. The summed E-state index contributed by atoms with van der Waals surface area (Å²) in [6.07, 6.45) is 0. The number of piperazine rings is 1. The minimum atomic E-state index is -0.369. The van der Waals surface area contributed by atoms with E-state index in [9.17, 15) is 9.59 Å². The third-order valence-corrected chi connectivity index (χ3v) is 7.59. The van der Waals surface area contributed by atoms with Gasteiger partial charge in [-0.05, 0) is 61.4 Å². The van der Waals surface area contributed by atoms with E-state index in [1.54, 1.807) is 13.2 Å². The number of anilines is 4. The number of benzene rings is 4.